The van der Waals surface area contributed by atoms with Gasteiger partial charge in [-0.25, -0.2) is 9.97 Å². The van der Waals surface area contributed by atoms with Gasteiger partial charge in [-0.2, -0.15) is 0 Å². The molecule has 0 aliphatic heterocycles. The van der Waals surface area contributed by atoms with Crippen molar-refractivity contribution in [1.29, 1.82) is 0 Å². The fraction of sp³-hybridized carbons (Fsp3) is 0.0222. The van der Waals surface area contributed by atoms with E-state index in [1.165, 1.54) is 59.8 Å². The van der Waals surface area contributed by atoms with Crippen LogP contribution in [0.25, 0.3) is 87.1 Å². The van der Waals surface area contributed by atoms with E-state index in [1.807, 2.05) is 0 Å². The van der Waals surface area contributed by atoms with Crippen molar-refractivity contribution >= 4 is 42.4 Å². The highest BCUT2D eigenvalue weighted by Gasteiger charge is 2.27. The van der Waals surface area contributed by atoms with E-state index < -0.39 is 0 Å². The molecule has 2 aromatic heterocycles. The molecule has 0 saturated carbocycles. The lowest BCUT2D eigenvalue weighted by molar-refractivity contribution is 1.24. The highest BCUT2D eigenvalue weighted by Crippen LogP contribution is 2.49. The minimum Gasteiger partial charge on any atom is -0.226 e. The molecule has 7 aromatic carbocycles. The first-order valence-corrected chi connectivity index (χ1v) is 17.2. The van der Waals surface area contributed by atoms with Gasteiger partial charge in [-0.3, -0.25) is 0 Å². The first kappa shape index (κ1) is 27.2. The molecule has 224 valence electrons. The van der Waals surface area contributed by atoms with Crippen LogP contribution in [0.2, 0.25) is 0 Å². The Labute approximate surface area is 282 Å². The Morgan fingerprint density at radius 2 is 1.12 bits per heavy atom. The van der Waals surface area contributed by atoms with Crippen molar-refractivity contribution in [3.8, 4) is 56.0 Å². The summed E-state index contributed by atoms with van der Waals surface area (Å²) in [5, 5.41) is 3.69. The van der Waals surface area contributed by atoms with Gasteiger partial charge in [0.05, 0.1) is 15.9 Å². The molecule has 2 heterocycles. The van der Waals surface area contributed by atoms with Crippen molar-refractivity contribution < 1.29 is 0 Å². The number of nitrogens with zero attached hydrogens (tertiary/aromatic N) is 2. The molecule has 0 spiro atoms. The molecule has 0 atom stereocenters. The van der Waals surface area contributed by atoms with Crippen molar-refractivity contribution in [3.05, 3.63) is 169 Å². The molecule has 0 unspecified atom stereocenters. The van der Waals surface area contributed by atoms with Crippen molar-refractivity contribution in [2.75, 3.05) is 0 Å². The normalized spacial score (nSPS) is 12.1. The fourth-order valence-electron chi connectivity index (χ4n) is 7.53. The van der Waals surface area contributed by atoms with Crippen molar-refractivity contribution in [3.63, 3.8) is 0 Å². The zero-order valence-electron chi connectivity index (χ0n) is 26.0. The Morgan fingerprint density at radius 3 is 1.96 bits per heavy atom. The van der Waals surface area contributed by atoms with Crippen LogP contribution < -0.4 is 0 Å². The molecule has 10 rings (SSSR count). The van der Waals surface area contributed by atoms with Gasteiger partial charge in [-0.15, -0.1) is 11.3 Å². The summed E-state index contributed by atoms with van der Waals surface area (Å²) >= 11 is 1.79. The molecule has 1 aliphatic carbocycles. The Bertz CT molecular complexity index is 2690. The van der Waals surface area contributed by atoms with Gasteiger partial charge in [-0.05, 0) is 79.9 Å². The van der Waals surface area contributed by atoms with E-state index >= 15 is 0 Å². The van der Waals surface area contributed by atoms with E-state index in [2.05, 4.69) is 158 Å². The summed E-state index contributed by atoms with van der Waals surface area (Å²) in [4.78, 5) is 10.8. The minimum atomic E-state index is 0.744. The molecular weight excluding hydrogens is 601 g/mol. The van der Waals surface area contributed by atoms with Crippen LogP contribution >= 0.6 is 11.3 Å². The molecule has 9 aromatic rings. The van der Waals surface area contributed by atoms with Crippen molar-refractivity contribution in [2.45, 2.75) is 6.42 Å². The molecule has 0 bridgehead atoms. The topological polar surface area (TPSA) is 25.8 Å². The third kappa shape index (κ3) is 4.25. The molecule has 3 heteroatoms. The lowest BCUT2D eigenvalue weighted by Crippen LogP contribution is -1.96. The Kier molecular flexibility index (Phi) is 6.15. The number of hydrogen-bond donors (Lipinski definition) is 0. The second-order valence-corrected chi connectivity index (χ2v) is 13.5. The summed E-state index contributed by atoms with van der Waals surface area (Å²) in [5.41, 5.74) is 14.4. The van der Waals surface area contributed by atoms with E-state index in [1.54, 1.807) is 11.3 Å². The van der Waals surface area contributed by atoms with Crippen LogP contribution in [0.4, 0.5) is 0 Å². The van der Waals surface area contributed by atoms with Crippen LogP contribution in [0.3, 0.4) is 0 Å². The number of benzene rings is 7. The standard InChI is InChI=1S/C45H28N2S/c1-3-13-28(14-4-1)30-17-11-19-32(25-30)45-46-42-36-22-9-10-24-40(36)48-44(42)43(47-45)39-27-38-37(34-20-7-8-21-35(34)39)26-31-18-12-23-33(41(31)38)29-15-5-2-6-16-29/h1-25,27H,26H2. The maximum absolute atomic E-state index is 5.48. The van der Waals surface area contributed by atoms with Crippen LogP contribution in [-0.4, -0.2) is 9.97 Å². The van der Waals surface area contributed by atoms with Crippen LogP contribution in [0.5, 0.6) is 0 Å². The van der Waals surface area contributed by atoms with Gasteiger partial charge in [0.15, 0.2) is 5.82 Å². The predicted octanol–water partition coefficient (Wildman–Crippen LogP) is 12.2. The molecular formula is C45H28N2S. The summed E-state index contributed by atoms with van der Waals surface area (Å²) in [6.45, 7) is 0. The lowest BCUT2D eigenvalue weighted by Gasteiger charge is -2.15. The smallest absolute Gasteiger partial charge is 0.160 e. The average molecular weight is 629 g/mol. The fourth-order valence-corrected chi connectivity index (χ4v) is 8.68. The first-order chi connectivity index (χ1) is 23.8. The average Bonchev–Trinajstić information content (AvgIpc) is 3.74. The second-order valence-electron chi connectivity index (χ2n) is 12.5. The Hall–Kier alpha value is -5.90. The van der Waals surface area contributed by atoms with E-state index in [-0.39, 0.29) is 0 Å². The second kappa shape index (κ2) is 10.8. The van der Waals surface area contributed by atoms with Crippen LogP contribution in [0.15, 0.2) is 158 Å². The van der Waals surface area contributed by atoms with Crippen LogP contribution in [-0.2, 0) is 6.42 Å². The number of rotatable bonds is 4. The molecule has 0 fully saturated rings. The highest BCUT2D eigenvalue weighted by atomic mass is 32.1. The minimum absolute atomic E-state index is 0.744. The van der Waals surface area contributed by atoms with Gasteiger partial charge >= 0.3 is 0 Å². The van der Waals surface area contributed by atoms with Crippen LogP contribution in [0.1, 0.15) is 11.1 Å². The third-order valence-corrected chi connectivity index (χ3v) is 10.9. The Morgan fingerprint density at radius 1 is 0.458 bits per heavy atom. The molecule has 48 heavy (non-hydrogen) atoms. The lowest BCUT2D eigenvalue weighted by atomic mass is 9.90. The summed E-state index contributed by atoms with van der Waals surface area (Å²) in [5.74, 6) is 0.744. The third-order valence-electron chi connectivity index (χ3n) is 9.73. The summed E-state index contributed by atoms with van der Waals surface area (Å²) in [7, 11) is 0. The highest BCUT2D eigenvalue weighted by molar-refractivity contribution is 7.26. The van der Waals surface area contributed by atoms with Gasteiger partial charge in [-0.1, -0.05) is 140 Å². The monoisotopic (exact) mass is 628 g/mol. The quantitative estimate of drug-likeness (QED) is 0.194. The zero-order valence-corrected chi connectivity index (χ0v) is 26.8. The molecule has 0 N–H and O–H groups in total. The van der Waals surface area contributed by atoms with Gasteiger partial charge in [0.25, 0.3) is 0 Å². The maximum Gasteiger partial charge on any atom is 0.160 e. The van der Waals surface area contributed by atoms with E-state index in [0.717, 1.165) is 44.8 Å². The van der Waals surface area contributed by atoms with E-state index in [9.17, 15) is 0 Å². The van der Waals surface area contributed by atoms with Gasteiger partial charge in [0, 0.05) is 21.2 Å². The zero-order chi connectivity index (χ0) is 31.6. The summed E-state index contributed by atoms with van der Waals surface area (Å²) < 4.78 is 2.35. The number of fused-ring (bicyclic) bond motifs is 8. The Balaban J connectivity index is 1.27. The molecule has 0 amide bonds. The summed E-state index contributed by atoms with van der Waals surface area (Å²) in [6, 6.07) is 56.6. The first-order valence-electron chi connectivity index (χ1n) is 16.4. The maximum atomic E-state index is 5.48. The van der Waals surface area contributed by atoms with Gasteiger partial charge in [0.2, 0.25) is 0 Å². The molecule has 0 saturated heterocycles. The molecule has 0 radical (unpaired) electrons. The van der Waals surface area contributed by atoms with E-state index in [0.29, 0.717) is 0 Å². The number of hydrogen-bond acceptors (Lipinski definition) is 3. The van der Waals surface area contributed by atoms with Gasteiger partial charge < -0.3 is 0 Å². The SMILES string of the molecule is c1ccc(-c2cccc(-c3nc(-c4cc5c(c6ccccc46)Cc4cccc(-c6ccccc6)c4-5)c4sc5ccccc5c4n3)c2)cc1. The number of thiophene rings is 1. The van der Waals surface area contributed by atoms with Gasteiger partial charge in [0.1, 0.15) is 0 Å². The number of aromatic nitrogens is 2. The molecule has 2 nitrogen and oxygen atoms in total. The van der Waals surface area contributed by atoms with Crippen molar-refractivity contribution in [2.24, 2.45) is 0 Å². The van der Waals surface area contributed by atoms with E-state index in [4.69, 9.17) is 9.97 Å². The molecule has 1 aliphatic rings. The summed E-state index contributed by atoms with van der Waals surface area (Å²) in [6.07, 6.45) is 0.922. The van der Waals surface area contributed by atoms with Crippen molar-refractivity contribution in [1.82, 2.24) is 9.97 Å². The van der Waals surface area contributed by atoms with Crippen LogP contribution in [0, 0.1) is 0 Å². The largest absolute Gasteiger partial charge is 0.226 e. The predicted molar refractivity (Wildman–Crippen MR) is 202 cm³/mol.